The lowest BCUT2D eigenvalue weighted by molar-refractivity contribution is -0.153. The molecule has 2 unspecified atom stereocenters. The predicted molar refractivity (Wildman–Crippen MR) is 86.6 cm³/mol. The van der Waals surface area contributed by atoms with E-state index in [2.05, 4.69) is 0 Å². The van der Waals surface area contributed by atoms with Gasteiger partial charge < -0.3 is 14.2 Å². The molecule has 0 saturated carbocycles. The van der Waals surface area contributed by atoms with Gasteiger partial charge in [-0.05, 0) is 18.4 Å². The van der Waals surface area contributed by atoms with Crippen LogP contribution in [0.25, 0.3) is 0 Å². The Morgan fingerprint density at radius 2 is 2.08 bits per heavy atom. The fourth-order valence-corrected chi connectivity index (χ4v) is 3.32. The highest BCUT2D eigenvalue weighted by Crippen LogP contribution is 2.38. The van der Waals surface area contributed by atoms with E-state index in [1.54, 1.807) is 0 Å². The topological polar surface area (TPSA) is 68.4 Å². The molecule has 3 rings (SSSR count). The van der Waals surface area contributed by atoms with Crippen molar-refractivity contribution >= 4 is 12.1 Å². The van der Waals surface area contributed by atoms with Gasteiger partial charge in [0.1, 0.15) is 18.3 Å². The van der Waals surface area contributed by atoms with Gasteiger partial charge in [0, 0.05) is 6.42 Å². The molecule has 0 spiro atoms. The first-order valence-corrected chi connectivity index (χ1v) is 8.37. The molecule has 136 valence electrons. The van der Waals surface area contributed by atoms with Crippen LogP contribution < -0.4 is 0 Å². The van der Waals surface area contributed by atoms with Crippen LogP contribution in [0.5, 0.6) is 0 Å². The van der Waals surface area contributed by atoms with Gasteiger partial charge in [-0.1, -0.05) is 30.3 Å². The second-order valence-corrected chi connectivity index (χ2v) is 6.47. The Labute approximate surface area is 145 Å². The van der Waals surface area contributed by atoms with Crippen LogP contribution in [0.3, 0.4) is 0 Å². The van der Waals surface area contributed by atoms with Gasteiger partial charge >= 0.3 is 12.1 Å². The van der Waals surface area contributed by atoms with Crippen molar-refractivity contribution in [3.05, 3.63) is 35.9 Å². The van der Waals surface area contributed by atoms with E-state index in [-0.39, 0.29) is 25.7 Å². The monoisotopic (exact) mass is 351 g/mol. The number of halogens is 1. The van der Waals surface area contributed by atoms with E-state index in [9.17, 15) is 14.0 Å². The van der Waals surface area contributed by atoms with Crippen LogP contribution in [0.1, 0.15) is 24.8 Å². The zero-order chi connectivity index (χ0) is 17.9. The van der Waals surface area contributed by atoms with E-state index in [1.807, 2.05) is 30.3 Å². The molecule has 2 fully saturated rings. The highest BCUT2D eigenvalue weighted by molar-refractivity contribution is 5.86. The van der Waals surface area contributed by atoms with Crippen LogP contribution in [0.15, 0.2) is 30.3 Å². The Morgan fingerprint density at radius 3 is 2.72 bits per heavy atom. The molecule has 0 bridgehead atoms. The minimum atomic E-state index is -1.33. The molecule has 0 radical (unpaired) electrons. The van der Waals surface area contributed by atoms with E-state index >= 15 is 0 Å². The lowest BCUT2D eigenvalue weighted by atomic mass is 9.89. The first-order chi connectivity index (χ1) is 12.0. The number of hydrogen-bond donors (Lipinski definition) is 0. The molecule has 2 heterocycles. The van der Waals surface area contributed by atoms with Crippen LogP contribution in [-0.4, -0.2) is 55.0 Å². The Hall–Kier alpha value is -2.15. The minimum absolute atomic E-state index is 0.0656. The molecule has 1 aromatic rings. The van der Waals surface area contributed by atoms with Gasteiger partial charge in [0.2, 0.25) is 0 Å². The number of nitrogens with zero attached hydrogens (tertiary/aromatic N) is 1. The molecule has 1 aromatic carbocycles. The predicted octanol–water partition coefficient (Wildman–Crippen LogP) is 2.46. The summed E-state index contributed by atoms with van der Waals surface area (Å²) in [5, 5.41) is 0. The molecule has 0 aliphatic carbocycles. The minimum Gasteiger partial charge on any atom is -0.467 e. The van der Waals surface area contributed by atoms with Crippen LogP contribution in [0.2, 0.25) is 0 Å². The summed E-state index contributed by atoms with van der Waals surface area (Å²) < 4.78 is 29.5. The number of benzene rings is 1. The Kier molecular flexibility index (Phi) is 5.22. The van der Waals surface area contributed by atoms with Crippen LogP contribution in [-0.2, 0) is 25.6 Å². The van der Waals surface area contributed by atoms with Crippen molar-refractivity contribution in [1.29, 1.82) is 0 Å². The molecule has 2 aliphatic heterocycles. The third-order valence-electron chi connectivity index (χ3n) is 4.73. The summed E-state index contributed by atoms with van der Waals surface area (Å²) in [5.41, 5.74) is -0.504. The van der Waals surface area contributed by atoms with Gasteiger partial charge in [0.05, 0.1) is 26.4 Å². The fourth-order valence-electron chi connectivity index (χ4n) is 3.32. The van der Waals surface area contributed by atoms with E-state index in [4.69, 9.17) is 14.2 Å². The first kappa shape index (κ1) is 17.7. The molecule has 2 saturated heterocycles. The van der Waals surface area contributed by atoms with E-state index < -0.39 is 23.8 Å². The largest absolute Gasteiger partial charge is 0.467 e. The number of amides is 1. The number of rotatable bonds is 6. The summed E-state index contributed by atoms with van der Waals surface area (Å²) in [6, 6.07) is 9.19. The molecule has 25 heavy (non-hydrogen) atoms. The van der Waals surface area contributed by atoms with E-state index in [0.717, 1.165) is 5.56 Å². The molecular weight excluding hydrogens is 329 g/mol. The molecule has 6 nitrogen and oxygen atoms in total. The Bertz CT molecular complexity index is 621. The summed E-state index contributed by atoms with van der Waals surface area (Å²) in [5.74, 6) is -0.607. The quantitative estimate of drug-likeness (QED) is 0.582. The van der Waals surface area contributed by atoms with Crippen molar-refractivity contribution in [3.63, 3.8) is 0 Å². The maximum absolute atomic E-state index is 14.1. The van der Waals surface area contributed by atoms with Crippen molar-refractivity contribution in [2.75, 3.05) is 20.3 Å². The number of alkyl halides is 1. The smallest absolute Gasteiger partial charge is 0.411 e. The number of carbonyl (C=O) groups is 2. The summed E-state index contributed by atoms with van der Waals surface area (Å²) in [7, 11) is 1.25. The SMILES string of the molecule is COC(=O)C1(CCC2CO2)C[C@@H](F)CN1C(=O)OCc1ccccc1. The standard InChI is InChI=1S/C18H22FNO5/c1-23-16(21)18(8-7-15-12-24-15)9-14(19)10-20(18)17(22)25-11-13-5-3-2-4-6-13/h2-6,14-15H,7-12H2,1H3/t14-,15?,18?/m1/s1. The summed E-state index contributed by atoms with van der Waals surface area (Å²) >= 11 is 0. The molecule has 0 aromatic heterocycles. The average molecular weight is 351 g/mol. The van der Waals surface area contributed by atoms with E-state index in [1.165, 1.54) is 12.0 Å². The van der Waals surface area contributed by atoms with E-state index in [0.29, 0.717) is 19.4 Å². The number of hydrogen-bond acceptors (Lipinski definition) is 5. The Balaban J connectivity index is 1.72. The summed E-state index contributed by atoms with van der Waals surface area (Å²) in [6.45, 7) is 0.527. The molecule has 7 heteroatoms. The number of carbonyl (C=O) groups excluding carboxylic acids is 2. The molecule has 2 aliphatic rings. The lowest BCUT2D eigenvalue weighted by Crippen LogP contribution is -2.54. The van der Waals surface area contributed by atoms with Crippen molar-refractivity contribution in [2.24, 2.45) is 0 Å². The summed E-state index contributed by atoms with van der Waals surface area (Å²) in [6.07, 6.45) is -1.13. The van der Waals surface area contributed by atoms with Crippen LogP contribution in [0, 0.1) is 0 Å². The number of epoxide rings is 1. The maximum Gasteiger partial charge on any atom is 0.411 e. The van der Waals surface area contributed by atoms with Crippen LogP contribution in [0.4, 0.5) is 9.18 Å². The van der Waals surface area contributed by atoms with Gasteiger partial charge in [0.15, 0.2) is 0 Å². The van der Waals surface area contributed by atoms with Crippen molar-refractivity contribution in [1.82, 2.24) is 4.90 Å². The first-order valence-electron chi connectivity index (χ1n) is 8.37. The number of likely N-dealkylation sites (tertiary alicyclic amines) is 1. The number of esters is 1. The summed E-state index contributed by atoms with van der Waals surface area (Å²) in [4.78, 5) is 26.2. The number of methoxy groups -OCH3 is 1. The van der Waals surface area contributed by atoms with Gasteiger partial charge in [-0.2, -0.15) is 0 Å². The van der Waals surface area contributed by atoms with Gasteiger partial charge in [-0.3, -0.25) is 4.90 Å². The zero-order valence-corrected chi connectivity index (χ0v) is 14.2. The molecule has 0 N–H and O–H groups in total. The third kappa shape index (κ3) is 3.92. The van der Waals surface area contributed by atoms with Crippen molar-refractivity contribution in [3.8, 4) is 0 Å². The molecule has 1 amide bonds. The lowest BCUT2D eigenvalue weighted by Gasteiger charge is -2.34. The highest BCUT2D eigenvalue weighted by Gasteiger charge is 2.55. The fraction of sp³-hybridized carbons (Fsp3) is 0.556. The highest BCUT2D eigenvalue weighted by atomic mass is 19.1. The van der Waals surface area contributed by atoms with Gasteiger partial charge in [-0.25, -0.2) is 14.0 Å². The van der Waals surface area contributed by atoms with Gasteiger partial charge in [0.25, 0.3) is 0 Å². The van der Waals surface area contributed by atoms with Crippen LogP contribution >= 0.6 is 0 Å². The third-order valence-corrected chi connectivity index (χ3v) is 4.73. The van der Waals surface area contributed by atoms with Crippen molar-refractivity contribution < 1.29 is 28.2 Å². The second kappa shape index (κ2) is 7.39. The average Bonchev–Trinajstić information content (AvgIpc) is 3.40. The molecule has 3 atom stereocenters. The normalized spacial score (nSPS) is 27.8. The molecular formula is C18H22FNO5. The number of ether oxygens (including phenoxy) is 3. The second-order valence-electron chi connectivity index (χ2n) is 6.47. The Morgan fingerprint density at radius 1 is 1.36 bits per heavy atom. The zero-order valence-electron chi connectivity index (χ0n) is 14.2. The van der Waals surface area contributed by atoms with Crippen molar-refractivity contribution in [2.45, 2.75) is 43.7 Å². The van der Waals surface area contributed by atoms with Gasteiger partial charge in [-0.15, -0.1) is 0 Å². The maximum atomic E-state index is 14.1.